The first-order valence-electron chi connectivity index (χ1n) is 6.81. The van der Waals surface area contributed by atoms with Gasteiger partial charge in [-0.15, -0.1) is 5.10 Å². The van der Waals surface area contributed by atoms with Crippen molar-refractivity contribution in [3.63, 3.8) is 0 Å². The molecule has 1 aliphatic rings. The summed E-state index contributed by atoms with van der Waals surface area (Å²) in [4.78, 5) is 0. The lowest BCUT2D eigenvalue weighted by atomic mass is 9.70. The van der Waals surface area contributed by atoms with Gasteiger partial charge in [0.1, 0.15) is 5.75 Å². The van der Waals surface area contributed by atoms with Crippen LogP contribution in [0.5, 0.6) is 5.75 Å². The van der Waals surface area contributed by atoms with Crippen LogP contribution in [0.3, 0.4) is 0 Å². The number of ether oxygens (including phenoxy) is 1. The van der Waals surface area contributed by atoms with Crippen LogP contribution in [-0.4, -0.2) is 27.3 Å². The van der Waals surface area contributed by atoms with Crippen molar-refractivity contribution in [3.8, 4) is 17.1 Å². The summed E-state index contributed by atoms with van der Waals surface area (Å²) in [5.41, 5.74) is 7.78. The Balaban J connectivity index is 1.90. The smallest absolute Gasteiger partial charge is 0.182 e. The quantitative estimate of drug-likeness (QED) is 0.863. The number of nitrogen functional groups attached to an aromatic ring is 1. The fraction of sp³-hybridized carbons (Fsp3) is 0.500. The van der Waals surface area contributed by atoms with Crippen LogP contribution in [0.2, 0.25) is 0 Å². The number of hydrogen-bond acceptors (Lipinski definition) is 5. The molecule has 1 heterocycles. The van der Waals surface area contributed by atoms with Crippen LogP contribution in [0, 0.1) is 5.41 Å². The van der Waals surface area contributed by atoms with E-state index in [2.05, 4.69) is 22.4 Å². The zero-order valence-corrected chi connectivity index (χ0v) is 11.8. The number of nitrogens with zero attached hydrogens (tertiary/aromatic N) is 4. The van der Waals surface area contributed by atoms with Gasteiger partial charge in [0.2, 0.25) is 0 Å². The second kappa shape index (κ2) is 4.77. The minimum atomic E-state index is 0.322. The summed E-state index contributed by atoms with van der Waals surface area (Å²) in [6, 6.07) is 5.62. The van der Waals surface area contributed by atoms with Crippen LogP contribution in [0.15, 0.2) is 18.2 Å². The zero-order valence-electron chi connectivity index (χ0n) is 11.8. The Morgan fingerprint density at radius 3 is 2.80 bits per heavy atom. The van der Waals surface area contributed by atoms with E-state index >= 15 is 0 Å². The minimum absolute atomic E-state index is 0.322. The monoisotopic (exact) mass is 273 g/mol. The fourth-order valence-corrected chi connectivity index (χ4v) is 2.69. The molecule has 1 aromatic carbocycles. The Bertz CT molecular complexity index is 618. The number of anilines is 1. The van der Waals surface area contributed by atoms with Crippen molar-refractivity contribution < 1.29 is 4.74 Å². The summed E-state index contributed by atoms with van der Waals surface area (Å²) in [6.07, 6.45) is 3.76. The van der Waals surface area contributed by atoms with Gasteiger partial charge in [0.05, 0.1) is 19.3 Å². The van der Waals surface area contributed by atoms with Gasteiger partial charge in [-0.1, -0.05) is 13.3 Å². The van der Waals surface area contributed by atoms with Crippen LogP contribution in [0.4, 0.5) is 5.69 Å². The highest BCUT2D eigenvalue weighted by Gasteiger charge is 2.33. The standard InChI is InChI=1S/C14H19N5O/c1-14(6-3-7-14)9-19-13(16-17-18-19)10-4-5-12(20-2)11(15)8-10/h4-5,8H,3,6-7,9,15H2,1-2H3. The van der Waals surface area contributed by atoms with Crippen LogP contribution >= 0.6 is 0 Å². The summed E-state index contributed by atoms with van der Waals surface area (Å²) in [5, 5.41) is 12.1. The highest BCUT2D eigenvalue weighted by atomic mass is 16.5. The Morgan fingerprint density at radius 1 is 1.40 bits per heavy atom. The van der Waals surface area contributed by atoms with E-state index in [0.29, 0.717) is 16.9 Å². The highest BCUT2D eigenvalue weighted by Crippen LogP contribution is 2.42. The molecule has 0 spiro atoms. The third-order valence-electron chi connectivity index (χ3n) is 4.11. The number of rotatable bonds is 4. The molecule has 0 bridgehead atoms. The molecule has 6 heteroatoms. The Labute approximate surface area is 117 Å². The molecule has 1 aromatic heterocycles. The molecule has 0 saturated heterocycles. The summed E-state index contributed by atoms with van der Waals surface area (Å²) < 4.78 is 7.05. The molecule has 1 fully saturated rings. The Kier molecular flexibility index (Phi) is 3.08. The molecular formula is C14H19N5O. The van der Waals surface area contributed by atoms with E-state index in [0.717, 1.165) is 17.9 Å². The maximum absolute atomic E-state index is 5.95. The van der Waals surface area contributed by atoms with Gasteiger partial charge in [-0.05, 0) is 46.9 Å². The average Bonchev–Trinajstić information content (AvgIpc) is 2.85. The van der Waals surface area contributed by atoms with Gasteiger partial charge in [-0.3, -0.25) is 0 Å². The van der Waals surface area contributed by atoms with Crippen LogP contribution < -0.4 is 10.5 Å². The number of aromatic nitrogens is 4. The molecule has 2 N–H and O–H groups in total. The third-order valence-corrected chi connectivity index (χ3v) is 4.11. The van der Waals surface area contributed by atoms with Gasteiger partial charge in [0.25, 0.3) is 0 Å². The predicted molar refractivity (Wildman–Crippen MR) is 76.2 cm³/mol. The van der Waals surface area contributed by atoms with Gasteiger partial charge in [-0.25, -0.2) is 4.68 Å². The lowest BCUT2D eigenvalue weighted by Gasteiger charge is -2.38. The van der Waals surface area contributed by atoms with E-state index in [-0.39, 0.29) is 0 Å². The molecule has 20 heavy (non-hydrogen) atoms. The zero-order chi connectivity index (χ0) is 14.2. The van der Waals surface area contributed by atoms with E-state index in [1.165, 1.54) is 19.3 Å². The number of hydrogen-bond donors (Lipinski definition) is 1. The number of methoxy groups -OCH3 is 1. The fourth-order valence-electron chi connectivity index (χ4n) is 2.69. The van der Waals surface area contributed by atoms with E-state index in [9.17, 15) is 0 Å². The van der Waals surface area contributed by atoms with Crippen molar-refractivity contribution in [2.45, 2.75) is 32.7 Å². The van der Waals surface area contributed by atoms with Crippen LogP contribution in [0.1, 0.15) is 26.2 Å². The van der Waals surface area contributed by atoms with Gasteiger partial charge in [0, 0.05) is 5.56 Å². The molecule has 0 unspecified atom stereocenters. The van der Waals surface area contributed by atoms with Crippen molar-refractivity contribution in [3.05, 3.63) is 18.2 Å². The lowest BCUT2D eigenvalue weighted by molar-refractivity contribution is 0.126. The van der Waals surface area contributed by atoms with Crippen molar-refractivity contribution in [2.75, 3.05) is 12.8 Å². The molecule has 0 amide bonds. The van der Waals surface area contributed by atoms with E-state index in [1.807, 2.05) is 22.9 Å². The van der Waals surface area contributed by atoms with Gasteiger partial charge in [-0.2, -0.15) is 0 Å². The van der Waals surface area contributed by atoms with Crippen molar-refractivity contribution in [1.29, 1.82) is 0 Å². The maximum Gasteiger partial charge on any atom is 0.182 e. The van der Waals surface area contributed by atoms with Gasteiger partial charge in [0.15, 0.2) is 5.82 Å². The molecular weight excluding hydrogens is 254 g/mol. The normalized spacial score (nSPS) is 16.7. The number of benzene rings is 1. The van der Waals surface area contributed by atoms with Gasteiger partial charge >= 0.3 is 0 Å². The van der Waals surface area contributed by atoms with Crippen LogP contribution in [0.25, 0.3) is 11.4 Å². The minimum Gasteiger partial charge on any atom is -0.495 e. The Morgan fingerprint density at radius 2 is 2.20 bits per heavy atom. The average molecular weight is 273 g/mol. The molecule has 0 radical (unpaired) electrons. The summed E-state index contributed by atoms with van der Waals surface area (Å²) >= 11 is 0. The topological polar surface area (TPSA) is 78.9 Å². The summed E-state index contributed by atoms with van der Waals surface area (Å²) in [5.74, 6) is 1.42. The highest BCUT2D eigenvalue weighted by molar-refractivity contribution is 5.66. The second-order valence-corrected chi connectivity index (χ2v) is 5.78. The van der Waals surface area contributed by atoms with E-state index < -0.39 is 0 Å². The SMILES string of the molecule is COc1ccc(-c2nnnn2CC2(C)CCC2)cc1N. The Hall–Kier alpha value is -2.11. The summed E-state index contributed by atoms with van der Waals surface area (Å²) in [6.45, 7) is 3.13. The molecule has 2 aromatic rings. The molecule has 3 rings (SSSR count). The molecule has 1 aliphatic carbocycles. The first-order valence-corrected chi connectivity index (χ1v) is 6.81. The summed E-state index contributed by atoms with van der Waals surface area (Å²) in [7, 11) is 1.60. The van der Waals surface area contributed by atoms with E-state index in [1.54, 1.807) is 7.11 Å². The largest absolute Gasteiger partial charge is 0.495 e. The first-order chi connectivity index (χ1) is 9.61. The lowest BCUT2D eigenvalue weighted by Crippen LogP contribution is -2.31. The second-order valence-electron chi connectivity index (χ2n) is 5.78. The molecule has 6 nitrogen and oxygen atoms in total. The third kappa shape index (κ3) is 2.21. The maximum atomic E-state index is 5.95. The number of nitrogens with two attached hydrogens (primary N) is 1. The predicted octanol–water partition coefficient (Wildman–Crippen LogP) is 2.12. The molecule has 106 valence electrons. The molecule has 1 saturated carbocycles. The number of tetrazole rings is 1. The van der Waals surface area contributed by atoms with E-state index in [4.69, 9.17) is 10.5 Å². The molecule has 0 aliphatic heterocycles. The van der Waals surface area contributed by atoms with Crippen molar-refractivity contribution >= 4 is 5.69 Å². The van der Waals surface area contributed by atoms with Crippen molar-refractivity contribution in [2.24, 2.45) is 5.41 Å². The first kappa shape index (κ1) is 12.9. The van der Waals surface area contributed by atoms with Crippen molar-refractivity contribution in [1.82, 2.24) is 20.2 Å². The van der Waals surface area contributed by atoms with Gasteiger partial charge < -0.3 is 10.5 Å². The van der Waals surface area contributed by atoms with Crippen LogP contribution in [-0.2, 0) is 6.54 Å². The molecule has 0 atom stereocenters.